The lowest BCUT2D eigenvalue weighted by atomic mass is 10.1. The predicted molar refractivity (Wildman–Crippen MR) is 65.3 cm³/mol. The van der Waals surface area contributed by atoms with Crippen molar-refractivity contribution >= 4 is 11.3 Å². The van der Waals surface area contributed by atoms with E-state index in [1.165, 1.54) is 10.4 Å². The molecule has 0 atom stereocenters. The molecular formula is C13H9NOS. The van der Waals surface area contributed by atoms with Crippen LogP contribution in [0.25, 0.3) is 21.9 Å². The maximum absolute atomic E-state index is 5.35. The van der Waals surface area contributed by atoms with Crippen LogP contribution < -0.4 is 0 Å². The van der Waals surface area contributed by atoms with Crippen molar-refractivity contribution in [3.05, 3.63) is 54.2 Å². The van der Waals surface area contributed by atoms with Gasteiger partial charge < -0.3 is 4.42 Å². The van der Waals surface area contributed by atoms with E-state index in [0.717, 1.165) is 5.56 Å². The van der Waals surface area contributed by atoms with Crippen LogP contribution in [0.2, 0.25) is 0 Å². The molecule has 1 aromatic carbocycles. The van der Waals surface area contributed by atoms with Gasteiger partial charge in [-0.25, -0.2) is 4.98 Å². The van der Waals surface area contributed by atoms with E-state index in [2.05, 4.69) is 22.5 Å². The number of oxazole rings is 1. The molecule has 0 spiro atoms. The Bertz CT molecular complexity index is 517. The number of hydrogen-bond acceptors (Lipinski definition) is 3. The SMILES string of the molecule is c1csc(-c2ccccc2-c2ncco2)c1. The van der Waals surface area contributed by atoms with Gasteiger partial charge in [-0.15, -0.1) is 11.3 Å². The van der Waals surface area contributed by atoms with Gasteiger partial charge in [0.15, 0.2) is 0 Å². The molecule has 78 valence electrons. The number of rotatable bonds is 2. The minimum atomic E-state index is 0.670. The zero-order chi connectivity index (χ0) is 10.8. The summed E-state index contributed by atoms with van der Waals surface area (Å²) in [6.45, 7) is 0. The average molecular weight is 227 g/mol. The lowest BCUT2D eigenvalue weighted by Crippen LogP contribution is -1.81. The fourth-order valence-corrected chi connectivity index (χ4v) is 2.44. The number of aromatic nitrogens is 1. The molecule has 0 aliphatic heterocycles. The smallest absolute Gasteiger partial charge is 0.226 e. The van der Waals surface area contributed by atoms with Crippen molar-refractivity contribution in [3.63, 3.8) is 0 Å². The first-order valence-electron chi connectivity index (χ1n) is 4.98. The fraction of sp³-hybridized carbons (Fsp3) is 0. The zero-order valence-electron chi connectivity index (χ0n) is 8.46. The summed E-state index contributed by atoms with van der Waals surface area (Å²) >= 11 is 1.72. The Kier molecular flexibility index (Phi) is 2.31. The van der Waals surface area contributed by atoms with Gasteiger partial charge in [-0.2, -0.15) is 0 Å². The van der Waals surface area contributed by atoms with Gasteiger partial charge in [0.25, 0.3) is 0 Å². The molecule has 2 nitrogen and oxygen atoms in total. The number of nitrogens with zero attached hydrogens (tertiary/aromatic N) is 1. The molecule has 0 saturated heterocycles. The number of thiophene rings is 1. The van der Waals surface area contributed by atoms with Gasteiger partial charge in [-0.05, 0) is 17.5 Å². The minimum Gasteiger partial charge on any atom is -0.445 e. The van der Waals surface area contributed by atoms with E-state index in [-0.39, 0.29) is 0 Å². The van der Waals surface area contributed by atoms with Crippen molar-refractivity contribution in [2.45, 2.75) is 0 Å². The van der Waals surface area contributed by atoms with E-state index in [4.69, 9.17) is 4.42 Å². The van der Waals surface area contributed by atoms with Crippen LogP contribution in [-0.2, 0) is 0 Å². The summed E-state index contributed by atoms with van der Waals surface area (Å²) in [5.74, 6) is 0.670. The molecule has 3 rings (SSSR count). The molecule has 0 aliphatic rings. The van der Waals surface area contributed by atoms with E-state index in [9.17, 15) is 0 Å². The summed E-state index contributed by atoms with van der Waals surface area (Å²) in [7, 11) is 0. The van der Waals surface area contributed by atoms with Gasteiger partial charge in [0, 0.05) is 16.0 Å². The molecule has 0 fully saturated rings. The maximum atomic E-state index is 5.35. The van der Waals surface area contributed by atoms with Crippen LogP contribution in [0.1, 0.15) is 0 Å². The molecule has 2 heterocycles. The Hall–Kier alpha value is -1.87. The second kappa shape index (κ2) is 3.94. The Balaban J connectivity index is 2.19. The Morgan fingerprint density at radius 1 is 1.00 bits per heavy atom. The maximum Gasteiger partial charge on any atom is 0.226 e. The monoisotopic (exact) mass is 227 g/mol. The molecule has 0 unspecified atom stereocenters. The van der Waals surface area contributed by atoms with Gasteiger partial charge in [0.2, 0.25) is 5.89 Å². The topological polar surface area (TPSA) is 26.0 Å². The summed E-state index contributed by atoms with van der Waals surface area (Å²) in [6, 6.07) is 12.3. The summed E-state index contributed by atoms with van der Waals surface area (Å²) in [6.07, 6.45) is 3.26. The first-order valence-corrected chi connectivity index (χ1v) is 5.86. The summed E-state index contributed by atoms with van der Waals surface area (Å²) in [5, 5.41) is 2.07. The molecule has 0 saturated carbocycles. The highest BCUT2D eigenvalue weighted by atomic mass is 32.1. The molecular weight excluding hydrogens is 218 g/mol. The number of hydrogen-bond donors (Lipinski definition) is 0. The van der Waals surface area contributed by atoms with Crippen molar-refractivity contribution in [1.29, 1.82) is 0 Å². The van der Waals surface area contributed by atoms with Crippen molar-refractivity contribution in [3.8, 4) is 21.9 Å². The van der Waals surface area contributed by atoms with Crippen LogP contribution >= 0.6 is 11.3 Å². The summed E-state index contributed by atoms with van der Waals surface area (Å²) in [4.78, 5) is 5.43. The Morgan fingerprint density at radius 3 is 2.56 bits per heavy atom. The predicted octanol–water partition coefficient (Wildman–Crippen LogP) is 4.07. The molecule has 0 amide bonds. The first-order chi connectivity index (χ1) is 7.95. The quantitative estimate of drug-likeness (QED) is 0.659. The zero-order valence-corrected chi connectivity index (χ0v) is 9.28. The lowest BCUT2D eigenvalue weighted by molar-refractivity contribution is 0.575. The van der Waals surface area contributed by atoms with E-state index in [1.54, 1.807) is 23.8 Å². The lowest BCUT2D eigenvalue weighted by Gasteiger charge is -2.03. The third-order valence-corrected chi connectivity index (χ3v) is 3.28. The van der Waals surface area contributed by atoms with Crippen LogP contribution in [0.4, 0.5) is 0 Å². The highest BCUT2D eigenvalue weighted by Gasteiger charge is 2.10. The molecule has 16 heavy (non-hydrogen) atoms. The molecule has 0 aliphatic carbocycles. The third kappa shape index (κ3) is 1.55. The van der Waals surface area contributed by atoms with E-state index in [0.29, 0.717) is 5.89 Å². The second-order valence-corrected chi connectivity index (χ2v) is 4.31. The van der Waals surface area contributed by atoms with Gasteiger partial charge in [-0.3, -0.25) is 0 Å². The van der Waals surface area contributed by atoms with Crippen LogP contribution in [0.5, 0.6) is 0 Å². The van der Waals surface area contributed by atoms with Gasteiger partial charge >= 0.3 is 0 Å². The third-order valence-electron chi connectivity index (χ3n) is 2.38. The van der Waals surface area contributed by atoms with Crippen molar-refractivity contribution < 1.29 is 4.42 Å². The largest absolute Gasteiger partial charge is 0.445 e. The van der Waals surface area contributed by atoms with Gasteiger partial charge in [0.1, 0.15) is 6.26 Å². The standard InChI is InChI=1S/C13H9NOS/c1-2-5-11(13-14-7-8-15-13)10(4-1)12-6-3-9-16-12/h1-9H. The van der Waals surface area contributed by atoms with Crippen molar-refractivity contribution in [2.24, 2.45) is 0 Å². The summed E-state index contributed by atoms with van der Waals surface area (Å²) in [5.41, 5.74) is 2.20. The van der Waals surface area contributed by atoms with Crippen molar-refractivity contribution in [2.75, 3.05) is 0 Å². The van der Waals surface area contributed by atoms with Crippen LogP contribution in [0.3, 0.4) is 0 Å². The van der Waals surface area contributed by atoms with Crippen molar-refractivity contribution in [1.82, 2.24) is 4.98 Å². The fourth-order valence-electron chi connectivity index (χ4n) is 1.67. The molecule has 2 aromatic heterocycles. The average Bonchev–Trinajstić information content (AvgIpc) is 3.03. The van der Waals surface area contributed by atoms with Gasteiger partial charge in [-0.1, -0.05) is 24.3 Å². The number of benzene rings is 1. The first kappa shape index (κ1) is 9.36. The summed E-state index contributed by atoms with van der Waals surface area (Å²) < 4.78 is 5.35. The highest BCUT2D eigenvalue weighted by molar-refractivity contribution is 7.13. The molecule has 0 radical (unpaired) electrons. The van der Waals surface area contributed by atoms with E-state index >= 15 is 0 Å². The molecule has 3 aromatic rings. The van der Waals surface area contributed by atoms with E-state index < -0.39 is 0 Å². The van der Waals surface area contributed by atoms with E-state index in [1.807, 2.05) is 24.3 Å². The molecule has 0 N–H and O–H groups in total. The minimum absolute atomic E-state index is 0.670. The van der Waals surface area contributed by atoms with Crippen LogP contribution in [0, 0.1) is 0 Å². The second-order valence-electron chi connectivity index (χ2n) is 3.36. The Morgan fingerprint density at radius 2 is 1.88 bits per heavy atom. The van der Waals surface area contributed by atoms with Crippen LogP contribution in [0.15, 0.2) is 58.7 Å². The van der Waals surface area contributed by atoms with Gasteiger partial charge in [0.05, 0.1) is 6.20 Å². The normalized spacial score (nSPS) is 10.5. The highest BCUT2D eigenvalue weighted by Crippen LogP contribution is 2.33. The molecule has 0 bridgehead atoms. The Labute approximate surface area is 97.2 Å². The molecule has 3 heteroatoms. The van der Waals surface area contributed by atoms with Crippen LogP contribution in [-0.4, -0.2) is 4.98 Å².